The third kappa shape index (κ3) is 2.63. The molecule has 0 saturated heterocycles. The minimum atomic E-state index is -0.194. The van der Waals surface area contributed by atoms with Gasteiger partial charge in [-0.3, -0.25) is 9.36 Å². The van der Waals surface area contributed by atoms with Crippen LogP contribution >= 0.6 is 0 Å². The first kappa shape index (κ1) is 15.9. The number of aromatic amines is 1. The van der Waals surface area contributed by atoms with Crippen molar-refractivity contribution in [2.75, 3.05) is 0 Å². The summed E-state index contributed by atoms with van der Waals surface area (Å²) in [4.78, 5) is 31.8. The number of rotatable bonds is 4. The number of H-pyrrole nitrogens is 1. The molecule has 0 aliphatic heterocycles. The zero-order chi connectivity index (χ0) is 18.5. The summed E-state index contributed by atoms with van der Waals surface area (Å²) in [6.07, 6.45) is 2.30. The third-order valence-corrected chi connectivity index (χ3v) is 5.15. The Bertz CT molecular complexity index is 1240. The second-order valence-corrected chi connectivity index (χ2v) is 7.02. The molecule has 0 atom stereocenters. The van der Waals surface area contributed by atoms with Crippen LogP contribution in [0.5, 0.6) is 0 Å². The van der Waals surface area contributed by atoms with Gasteiger partial charge in [-0.15, -0.1) is 0 Å². The maximum Gasteiger partial charge on any atom is 0.326 e. The molecular weight excluding hydrogens is 342 g/mol. The molecule has 27 heavy (non-hydrogen) atoms. The highest BCUT2D eigenvalue weighted by atomic mass is 16.2. The molecular formula is C20H19N5O2. The maximum absolute atomic E-state index is 12.6. The van der Waals surface area contributed by atoms with E-state index in [-0.39, 0.29) is 11.6 Å². The van der Waals surface area contributed by atoms with Gasteiger partial charge in [-0.2, -0.15) is 0 Å². The summed E-state index contributed by atoms with van der Waals surface area (Å²) in [7, 11) is 1.70. The van der Waals surface area contributed by atoms with Gasteiger partial charge in [-0.25, -0.2) is 9.78 Å². The van der Waals surface area contributed by atoms with E-state index in [0.29, 0.717) is 23.7 Å². The number of aryl methyl sites for hydroxylation is 1. The summed E-state index contributed by atoms with van der Waals surface area (Å²) in [5, 5.41) is 2.96. The van der Waals surface area contributed by atoms with Crippen LogP contribution in [-0.2, 0) is 13.6 Å². The molecule has 0 bridgehead atoms. The van der Waals surface area contributed by atoms with Crippen molar-refractivity contribution < 1.29 is 4.79 Å². The topological polar surface area (TPSA) is 84.7 Å². The van der Waals surface area contributed by atoms with Crippen LogP contribution in [0, 0.1) is 0 Å². The Kier molecular flexibility index (Phi) is 3.43. The molecule has 2 heterocycles. The molecule has 0 spiro atoms. The van der Waals surface area contributed by atoms with Crippen molar-refractivity contribution in [2.45, 2.75) is 25.4 Å². The summed E-state index contributed by atoms with van der Waals surface area (Å²) < 4.78 is 3.77. The molecule has 2 aromatic heterocycles. The molecule has 7 heteroatoms. The van der Waals surface area contributed by atoms with Gasteiger partial charge in [0.05, 0.1) is 28.6 Å². The average Bonchev–Trinajstić information content (AvgIpc) is 3.38. The molecule has 5 rings (SSSR count). The van der Waals surface area contributed by atoms with Gasteiger partial charge in [-0.1, -0.05) is 12.1 Å². The molecule has 1 fully saturated rings. The smallest absolute Gasteiger partial charge is 0.326 e. The lowest BCUT2D eigenvalue weighted by Crippen LogP contribution is -2.24. The fourth-order valence-electron chi connectivity index (χ4n) is 3.60. The fourth-order valence-corrected chi connectivity index (χ4v) is 3.60. The van der Waals surface area contributed by atoms with Crippen molar-refractivity contribution in [3.8, 4) is 0 Å². The Morgan fingerprint density at radius 1 is 1.22 bits per heavy atom. The number of hydrogen-bond acceptors (Lipinski definition) is 3. The van der Waals surface area contributed by atoms with Gasteiger partial charge >= 0.3 is 5.69 Å². The van der Waals surface area contributed by atoms with Crippen molar-refractivity contribution in [1.29, 1.82) is 0 Å². The number of para-hydroxylation sites is 2. The zero-order valence-electron chi connectivity index (χ0n) is 14.9. The SMILES string of the molecule is Cn1c(=O)[nH]c2cc(C(=O)NCc3nc4ccccc4n3C3CC3)ccc21. The van der Waals surface area contributed by atoms with E-state index in [1.54, 1.807) is 25.2 Å². The molecule has 1 amide bonds. The number of benzene rings is 2. The first-order valence-electron chi connectivity index (χ1n) is 9.04. The van der Waals surface area contributed by atoms with Crippen molar-refractivity contribution in [1.82, 2.24) is 24.4 Å². The van der Waals surface area contributed by atoms with Crippen LogP contribution in [-0.4, -0.2) is 25.0 Å². The molecule has 0 radical (unpaired) electrons. The van der Waals surface area contributed by atoms with Gasteiger partial charge in [0.1, 0.15) is 5.82 Å². The number of hydrogen-bond donors (Lipinski definition) is 2. The van der Waals surface area contributed by atoms with E-state index in [4.69, 9.17) is 4.98 Å². The number of carbonyl (C=O) groups is 1. The van der Waals surface area contributed by atoms with E-state index in [1.807, 2.05) is 18.2 Å². The van der Waals surface area contributed by atoms with Crippen LogP contribution < -0.4 is 11.0 Å². The second-order valence-electron chi connectivity index (χ2n) is 7.02. The first-order chi connectivity index (χ1) is 13.1. The largest absolute Gasteiger partial charge is 0.345 e. The molecule has 1 aliphatic carbocycles. The Morgan fingerprint density at radius 2 is 2.04 bits per heavy atom. The summed E-state index contributed by atoms with van der Waals surface area (Å²) in [5.41, 5.74) is 3.82. The predicted molar refractivity (Wildman–Crippen MR) is 103 cm³/mol. The van der Waals surface area contributed by atoms with Gasteiger partial charge in [-0.05, 0) is 43.2 Å². The number of nitrogens with one attached hydrogen (secondary N) is 2. The van der Waals surface area contributed by atoms with Gasteiger partial charge in [0.2, 0.25) is 0 Å². The van der Waals surface area contributed by atoms with E-state index in [9.17, 15) is 9.59 Å². The quantitative estimate of drug-likeness (QED) is 0.586. The van der Waals surface area contributed by atoms with Gasteiger partial charge in [0.25, 0.3) is 5.91 Å². The lowest BCUT2D eigenvalue weighted by atomic mass is 10.2. The van der Waals surface area contributed by atoms with Crippen molar-refractivity contribution in [3.05, 3.63) is 64.3 Å². The Balaban J connectivity index is 1.41. The number of nitrogens with zero attached hydrogens (tertiary/aromatic N) is 3. The first-order valence-corrected chi connectivity index (χ1v) is 9.04. The van der Waals surface area contributed by atoms with Crippen LogP contribution in [0.15, 0.2) is 47.3 Å². The van der Waals surface area contributed by atoms with Crippen LogP contribution in [0.2, 0.25) is 0 Å². The van der Waals surface area contributed by atoms with E-state index >= 15 is 0 Å². The summed E-state index contributed by atoms with van der Waals surface area (Å²) in [6, 6.07) is 13.8. The average molecular weight is 361 g/mol. The number of carbonyl (C=O) groups excluding carboxylic acids is 1. The highest BCUT2D eigenvalue weighted by molar-refractivity contribution is 5.97. The third-order valence-electron chi connectivity index (χ3n) is 5.15. The monoisotopic (exact) mass is 361 g/mol. The number of fused-ring (bicyclic) bond motifs is 2. The molecule has 2 N–H and O–H groups in total. The molecule has 136 valence electrons. The number of imidazole rings is 2. The van der Waals surface area contributed by atoms with E-state index < -0.39 is 0 Å². The van der Waals surface area contributed by atoms with E-state index in [2.05, 4.69) is 20.9 Å². The van der Waals surface area contributed by atoms with E-state index in [1.165, 1.54) is 4.57 Å². The van der Waals surface area contributed by atoms with Crippen LogP contribution in [0.4, 0.5) is 0 Å². The minimum absolute atomic E-state index is 0.184. The molecule has 7 nitrogen and oxygen atoms in total. The Hall–Kier alpha value is -3.35. The second kappa shape index (κ2) is 5.84. The Labute approximate surface area is 154 Å². The van der Waals surface area contributed by atoms with Crippen molar-refractivity contribution in [3.63, 3.8) is 0 Å². The number of aromatic nitrogens is 4. The highest BCUT2D eigenvalue weighted by Crippen LogP contribution is 2.38. The van der Waals surface area contributed by atoms with Gasteiger partial charge < -0.3 is 14.9 Å². The van der Waals surface area contributed by atoms with Crippen molar-refractivity contribution in [2.24, 2.45) is 7.05 Å². The lowest BCUT2D eigenvalue weighted by molar-refractivity contribution is 0.0949. The molecule has 0 unspecified atom stereocenters. The minimum Gasteiger partial charge on any atom is -0.345 e. The lowest BCUT2D eigenvalue weighted by Gasteiger charge is -2.09. The fraction of sp³-hybridized carbons (Fsp3) is 0.250. The summed E-state index contributed by atoms with van der Waals surface area (Å²) in [5.74, 6) is 0.692. The highest BCUT2D eigenvalue weighted by Gasteiger charge is 2.28. The van der Waals surface area contributed by atoms with E-state index in [0.717, 1.165) is 35.2 Å². The summed E-state index contributed by atoms with van der Waals surface area (Å²) >= 11 is 0. The Morgan fingerprint density at radius 3 is 2.85 bits per heavy atom. The number of amides is 1. The molecule has 2 aromatic carbocycles. The van der Waals surface area contributed by atoms with Gasteiger partial charge in [0.15, 0.2) is 0 Å². The molecule has 1 saturated carbocycles. The maximum atomic E-state index is 12.6. The standard InChI is InChI=1S/C20H19N5O2/c1-24-16-9-6-12(10-15(16)23-20(24)27)19(26)21-11-18-22-14-4-2-3-5-17(14)25(18)13-7-8-13/h2-6,9-10,13H,7-8,11H2,1H3,(H,21,26)(H,23,27). The summed E-state index contributed by atoms with van der Waals surface area (Å²) in [6.45, 7) is 0.368. The normalized spacial score (nSPS) is 14.1. The van der Waals surface area contributed by atoms with Crippen LogP contribution in [0.1, 0.15) is 35.1 Å². The predicted octanol–water partition coefficient (Wildman–Crippen LogP) is 2.48. The molecule has 4 aromatic rings. The van der Waals surface area contributed by atoms with Crippen LogP contribution in [0.3, 0.4) is 0 Å². The van der Waals surface area contributed by atoms with Crippen molar-refractivity contribution >= 4 is 28.0 Å². The van der Waals surface area contributed by atoms with Gasteiger partial charge in [0, 0.05) is 18.7 Å². The van der Waals surface area contributed by atoms with Crippen LogP contribution in [0.25, 0.3) is 22.1 Å². The zero-order valence-corrected chi connectivity index (χ0v) is 14.9. The molecule has 1 aliphatic rings.